The van der Waals surface area contributed by atoms with E-state index in [1.165, 1.54) is 0 Å². The third kappa shape index (κ3) is 3.36. The highest BCUT2D eigenvalue weighted by molar-refractivity contribution is 5.94. The largest absolute Gasteiger partial charge is 0.396 e. The lowest BCUT2D eigenvalue weighted by atomic mass is 10.1. The fraction of sp³-hybridized carbons (Fsp3) is 0.467. The summed E-state index contributed by atoms with van der Waals surface area (Å²) in [5.41, 5.74) is 1.76. The lowest BCUT2D eigenvalue weighted by molar-refractivity contribution is -0.133. The van der Waals surface area contributed by atoms with E-state index in [1.807, 2.05) is 31.2 Å². The predicted octanol–water partition coefficient (Wildman–Crippen LogP) is 0.662. The quantitative estimate of drug-likeness (QED) is 0.882. The molecular weight excluding hydrogens is 256 g/mol. The van der Waals surface area contributed by atoms with Crippen LogP contribution in [0.5, 0.6) is 0 Å². The predicted molar refractivity (Wildman–Crippen MR) is 75.4 cm³/mol. The van der Waals surface area contributed by atoms with E-state index >= 15 is 0 Å². The second kappa shape index (κ2) is 6.52. The molecule has 1 aromatic carbocycles. The smallest absolute Gasteiger partial charge is 0.253 e. The Morgan fingerprint density at radius 3 is 2.40 bits per heavy atom. The Morgan fingerprint density at radius 2 is 1.80 bits per heavy atom. The molecule has 2 rings (SSSR count). The maximum Gasteiger partial charge on any atom is 0.253 e. The van der Waals surface area contributed by atoms with Gasteiger partial charge in [0.05, 0.1) is 6.61 Å². The minimum Gasteiger partial charge on any atom is -0.396 e. The van der Waals surface area contributed by atoms with Crippen molar-refractivity contribution in [3.05, 3.63) is 35.4 Å². The SMILES string of the molecule is Cc1cccc(C(=O)N2CCN(C(=O)CCO)CC2)c1. The van der Waals surface area contributed by atoms with Crippen LogP contribution in [0.25, 0.3) is 0 Å². The van der Waals surface area contributed by atoms with Crippen molar-refractivity contribution in [2.75, 3.05) is 32.8 Å². The van der Waals surface area contributed by atoms with Gasteiger partial charge in [0.15, 0.2) is 0 Å². The summed E-state index contributed by atoms with van der Waals surface area (Å²) >= 11 is 0. The lowest BCUT2D eigenvalue weighted by Gasteiger charge is -2.34. The van der Waals surface area contributed by atoms with Gasteiger partial charge in [0.1, 0.15) is 0 Å². The number of amides is 2. The molecular formula is C15H20N2O3. The van der Waals surface area contributed by atoms with Gasteiger partial charge in [0.2, 0.25) is 5.91 Å². The Morgan fingerprint density at radius 1 is 1.15 bits per heavy atom. The molecule has 1 fully saturated rings. The number of hydrogen-bond acceptors (Lipinski definition) is 3. The van der Waals surface area contributed by atoms with Gasteiger partial charge in [-0.2, -0.15) is 0 Å². The summed E-state index contributed by atoms with van der Waals surface area (Å²) in [7, 11) is 0. The van der Waals surface area contributed by atoms with Crippen LogP contribution in [0.4, 0.5) is 0 Å². The Balaban J connectivity index is 1.93. The molecule has 0 unspecified atom stereocenters. The Hall–Kier alpha value is -1.88. The molecule has 5 nitrogen and oxygen atoms in total. The third-order valence-corrected chi connectivity index (χ3v) is 3.51. The molecule has 0 atom stereocenters. The summed E-state index contributed by atoms with van der Waals surface area (Å²) in [5.74, 6) is -0.0295. The zero-order chi connectivity index (χ0) is 14.5. The van der Waals surface area contributed by atoms with Crippen molar-refractivity contribution in [1.82, 2.24) is 9.80 Å². The second-order valence-electron chi connectivity index (χ2n) is 5.02. The van der Waals surface area contributed by atoms with Gasteiger partial charge in [-0.15, -0.1) is 0 Å². The van der Waals surface area contributed by atoms with Crippen molar-refractivity contribution in [2.45, 2.75) is 13.3 Å². The monoisotopic (exact) mass is 276 g/mol. The van der Waals surface area contributed by atoms with E-state index in [4.69, 9.17) is 5.11 Å². The number of aliphatic hydroxyl groups is 1. The lowest BCUT2D eigenvalue weighted by Crippen LogP contribution is -2.50. The molecule has 20 heavy (non-hydrogen) atoms. The van der Waals surface area contributed by atoms with E-state index in [-0.39, 0.29) is 24.8 Å². The number of carbonyl (C=O) groups excluding carboxylic acids is 2. The van der Waals surface area contributed by atoms with Crippen LogP contribution >= 0.6 is 0 Å². The van der Waals surface area contributed by atoms with Crippen LogP contribution in [0.15, 0.2) is 24.3 Å². The van der Waals surface area contributed by atoms with Crippen LogP contribution in [0.1, 0.15) is 22.3 Å². The number of benzene rings is 1. The standard InChI is InChI=1S/C15H20N2O3/c1-12-3-2-4-13(11-12)15(20)17-8-6-16(7-9-17)14(19)5-10-18/h2-4,11,18H,5-10H2,1H3. The molecule has 0 aliphatic carbocycles. The highest BCUT2D eigenvalue weighted by atomic mass is 16.3. The van der Waals surface area contributed by atoms with Crippen LogP contribution in [-0.2, 0) is 4.79 Å². The van der Waals surface area contributed by atoms with E-state index < -0.39 is 0 Å². The van der Waals surface area contributed by atoms with E-state index in [0.717, 1.165) is 5.56 Å². The van der Waals surface area contributed by atoms with Crippen LogP contribution in [0.2, 0.25) is 0 Å². The maximum absolute atomic E-state index is 12.3. The highest BCUT2D eigenvalue weighted by Crippen LogP contribution is 2.11. The fourth-order valence-corrected chi connectivity index (χ4v) is 2.37. The van der Waals surface area contributed by atoms with Gasteiger partial charge in [-0.1, -0.05) is 17.7 Å². The number of hydrogen-bond donors (Lipinski definition) is 1. The molecule has 5 heteroatoms. The van der Waals surface area contributed by atoms with Gasteiger partial charge in [-0.3, -0.25) is 9.59 Å². The Labute approximate surface area is 118 Å². The van der Waals surface area contributed by atoms with Crippen molar-refractivity contribution in [3.8, 4) is 0 Å². The van der Waals surface area contributed by atoms with E-state index in [9.17, 15) is 9.59 Å². The molecule has 108 valence electrons. The second-order valence-corrected chi connectivity index (χ2v) is 5.02. The van der Waals surface area contributed by atoms with E-state index in [0.29, 0.717) is 31.7 Å². The molecule has 0 aromatic heterocycles. The zero-order valence-electron chi connectivity index (χ0n) is 11.7. The molecule has 1 aromatic rings. The van der Waals surface area contributed by atoms with Crippen LogP contribution in [0.3, 0.4) is 0 Å². The van der Waals surface area contributed by atoms with Gasteiger partial charge in [-0.25, -0.2) is 0 Å². The zero-order valence-corrected chi connectivity index (χ0v) is 11.7. The summed E-state index contributed by atoms with van der Waals surface area (Å²) < 4.78 is 0. The van der Waals surface area contributed by atoms with Crippen molar-refractivity contribution < 1.29 is 14.7 Å². The van der Waals surface area contributed by atoms with Crippen molar-refractivity contribution in [3.63, 3.8) is 0 Å². The Bertz CT molecular complexity index is 494. The molecule has 0 radical (unpaired) electrons. The number of rotatable bonds is 3. The first-order chi connectivity index (χ1) is 9.61. The Kier molecular flexibility index (Phi) is 4.74. The molecule has 0 saturated carbocycles. The fourth-order valence-electron chi connectivity index (χ4n) is 2.37. The summed E-state index contributed by atoms with van der Waals surface area (Å²) in [6, 6.07) is 7.54. The molecule has 1 N–H and O–H groups in total. The number of carbonyl (C=O) groups is 2. The number of aliphatic hydroxyl groups excluding tert-OH is 1. The number of nitrogens with zero attached hydrogens (tertiary/aromatic N) is 2. The summed E-state index contributed by atoms with van der Waals surface area (Å²) in [6.07, 6.45) is 0.159. The topological polar surface area (TPSA) is 60.9 Å². The summed E-state index contributed by atoms with van der Waals surface area (Å²) in [6.45, 7) is 4.00. The molecule has 1 saturated heterocycles. The van der Waals surface area contributed by atoms with Gasteiger partial charge < -0.3 is 14.9 Å². The third-order valence-electron chi connectivity index (χ3n) is 3.51. The minimum atomic E-state index is -0.124. The molecule has 1 heterocycles. The van der Waals surface area contributed by atoms with Crippen molar-refractivity contribution >= 4 is 11.8 Å². The van der Waals surface area contributed by atoms with E-state index in [2.05, 4.69) is 0 Å². The molecule has 1 aliphatic heterocycles. The molecule has 2 amide bonds. The molecule has 0 bridgehead atoms. The maximum atomic E-state index is 12.3. The summed E-state index contributed by atoms with van der Waals surface area (Å²) in [5, 5.41) is 8.77. The molecule has 1 aliphatic rings. The van der Waals surface area contributed by atoms with Crippen molar-refractivity contribution in [1.29, 1.82) is 0 Å². The van der Waals surface area contributed by atoms with E-state index in [1.54, 1.807) is 9.80 Å². The minimum absolute atomic E-state index is 0.0166. The van der Waals surface area contributed by atoms with Gasteiger partial charge in [-0.05, 0) is 19.1 Å². The molecule has 0 spiro atoms. The van der Waals surface area contributed by atoms with Crippen LogP contribution in [-0.4, -0.2) is 59.5 Å². The van der Waals surface area contributed by atoms with Crippen LogP contribution in [0, 0.1) is 6.92 Å². The first-order valence-electron chi connectivity index (χ1n) is 6.86. The average Bonchev–Trinajstić information content (AvgIpc) is 2.47. The average molecular weight is 276 g/mol. The normalized spacial score (nSPS) is 15.3. The summed E-state index contributed by atoms with van der Waals surface area (Å²) in [4.78, 5) is 27.5. The number of aryl methyl sites for hydroxylation is 1. The van der Waals surface area contributed by atoms with Gasteiger partial charge in [0, 0.05) is 38.2 Å². The van der Waals surface area contributed by atoms with Gasteiger partial charge >= 0.3 is 0 Å². The highest BCUT2D eigenvalue weighted by Gasteiger charge is 2.24. The van der Waals surface area contributed by atoms with Crippen molar-refractivity contribution in [2.24, 2.45) is 0 Å². The van der Waals surface area contributed by atoms with Gasteiger partial charge in [0.25, 0.3) is 5.91 Å². The number of piperazine rings is 1. The first-order valence-corrected chi connectivity index (χ1v) is 6.86. The first kappa shape index (κ1) is 14.5. The van der Waals surface area contributed by atoms with Crippen LogP contribution < -0.4 is 0 Å².